The molecule has 0 aromatic heterocycles. The molecule has 2 unspecified atom stereocenters. The van der Waals surface area contributed by atoms with E-state index in [0.717, 1.165) is 13.0 Å². The van der Waals surface area contributed by atoms with Gasteiger partial charge >= 0.3 is 0 Å². The number of aliphatic hydroxyl groups is 1. The normalized spacial score (nSPS) is 16.6. The first kappa shape index (κ1) is 14.1. The third-order valence-corrected chi connectivity index (χ3v) is 3.89. The van der Waals surface area contributed by atoms with Crippen LogP contribution in [-0.2, 0) is 10.8 Å². The summed E-state index contributed by atoms with van der Waals surface area (Å²) in [4.78, 5) is 0. The molecule has 2 N–H and O–H groups in total. The van der Waals surface area contributed by atoms with Crippen LogP contribution in [0.1, 0.15) is 34.1 Å². The van der Waals surface area contributed by atoms with Crippen molar-refractivity contribution in [1.82, 2.24) is 5.32 Å². The van der Waals surface area contributed by atoms with Crippen molar-refractivity contribution in [3.63, 3.8) is 0 Å². The molecule has 0 amide bonds. The summed E-state index contributed by atoms with van der Waals surface area (Å²) >= 11 is 0. The summed E-state index contributed by atoms with van der Waals surface area (Å²) in [5.74, 6) is 0.361. The molecule has 0 rings (SSSR count). The SMILES string of the molecule is CCCNCC(O)CS(=O)C(C)(C)C. The van der Waals surface area contributed by atoms with Crippen LogP contribution >= 0.6 is 0 Å². The van der Waals surface area contributed by atoms with Crippen LogP contribution in [0.2, 0.25) is 0 Å². The van der Waals surface area contributed by atoms with E-state index in [9.17, 15) is 9.32 Å². The lowest BCUT2D eigenvalue weighted by molar-refractivity contribution is 0.194. The minimum absolute atomic E-state index is 0.230. The average molecular weight is 221 g/mol. The molecule has 0 bridgehead atoms. The second-order valence-corrected chi connectivity index (χ2v) is 6.73. The fraction of sp³-hybridized carbons (Fsp3) is 1.00. The largest absolute Gasteiger partial charge is 0.391 e. The van der Waals surface area contributed by atoms with Gasteiger partial charge in [0.05, 0.1) is 11.9 Å². The molecule has 0 aliphatic carbocycles. The zero-order valence-corrected chi connectivity index (χ0v) is 10.5. The van der Waals surface area contributed by atoms with Gasteiger partial charge in [-0.05, 0) is 33.7 Å². The fourth-order valence-corrected chi connectivity index (χ4v) is 1.90. The van der Waals surface area contributed by atoms with Crippen LogP contribution in [0.3, 0.4) is 0 Å². The lowest BCUT2D eigenvalue weighted by atomic mass is 10.3. The summed E-state index contributed by atoms with van der Waals surface area (Å²) in [6.07, 6.45) is 0.552. The van der Waals surface area contributed by atoms with Crippen LogP contribution in [0.25, 0.3) is 0 Å². The predicted octanol–water partition coefficient (Wildman–Crippen LogP) is 0.894. The molecule has 14 heavy (non-hydrogen) atoms. The van der Waals surface area contributed by atoms with E-state index in [1.165, 1.54) is 0 Å². The van der Waals surface area contributed by atoms with E-state index in [2.05, 4.69) is 12.2 Å². The molecule has 0 saturated heterocycles. The molecule has 0 aliphatic heterocycles. The van der Waals surface area contributed by atoms with Crippen molar-refractivity contribution in [2.45, 2.75) is 45.0 Å². The Labute approximate surface area is 89.7 Å². The van der Waals surface area contributed by atoms with Gasteiger partial charge in [-0.25, -0.2) is 0 Å². The highest BCUT2D eigenvalue weighted by molar-refractivity contribution is 7.86. The van der Waals surface area contributed by atoms with Crippen molar-refractivity contribution in [3.8, 4) is 0 Å². The van der Waals surface area contributed by atoms with Gasteiger partial charge < -0.3 is 10.4 Å². The van der Waals surface area contributed by atoms with Crippen LogP contribution in [0.5, 0.6) is 0 Å². The molecule has 4 heteroatoms. The molecule has 86 valence electrons. The number of hydrogen-bond donors (Lipinski definition) is 2. The lowest BCUT2D eigenvalue weighted by Gasteiger charge is -2.20. The molecular formula is C10H23NO2S. The molecule has 0 saturated carbocycles. The van der Waals surface area contributed by atoms with Gasteiger partial charge in [0.15, 0.2) is 0 Å². The minimum atomic E-state index is -0.963. The summed E-state index contributed by atoms with van der Waals surface area (Å²) in [5, 5.41) is 12.7. The van der Waals surface area contributed by atoms with Crippen LogP contribution < -0.4 is 5.32 Å². The molecule has 0 aromatic carbocycles. The summed E-state index contributed by atoms with van der Waals surface area (Å²) in [6, 6.07) is 0. The summed E-state index contributed by atoms with van der Waals surface area (Å²) < 4.78 is 11.4. The zero-order chi connectivity index (χ0) is 11.2. The quantitative estimate of drug-likeness (QED) is 0.655. The maximum atomic E-state index is 11.6. The summed E-state index contributed by atoms with van der Waals surface area (Å²) in [5.41, 5.74) is 0. The van der Waals surface area contributed by atoms with Gasteiger partial charge in [0, 0.05) is 22.1 Å². The number of aliphatic hydroxyl groups excluding tert-OH is 1. The highest BCUT2D eigenvalue weighted by Crippen LogP contribution is 2.11. The van der Waals surface area contributed by atoms with E-state index in [0.29, 0.717) is 12.3 Å². The Morgan fingerprint density at radius 3 is 2.43 bits per heavy atom. The molecule has 0 aromatic rings. The minimum Gasteiger partial charge on any atom is -0.391 e. The topological polar surface area (TPSA) is 49.3 Å². The van der Waals surface area contributed by atoms with Crippen LogP contribution in [0, 0.1) is 0 Å². The van der Waals surface area contributed by atoms with E-state index in [1.54, 1.807) is 0 Å². The Hall–Kier alpha value is 0.0700. The molecule has 0 radical (unpaired) electrons. The fourth-order valence-electron chi connectivity index (χ4n) is 0.929. The van der Waals surface area contributed by atoms with Crippen molar-refractivity contribution < 1.29 is 9.32 Å². The van der Waals surface area contributed by atoms with Crippen molar-refractivity contribution >= 4 is 10.8 Å². The standard InChI is InChI=1S/C10H23NO2S/c1-5-6-11-7-9(12)8-14(13)10(2,3)4/h9,11-12H,5-8H2,1-4H3. The highest BCUT2D eigenvalue weighted by atomic mass is 32.2. The molecule has 0 aliphatic rings. The predicted molar refractivity (Wildman–Crippen MR) is 61.9 cm³/mol. The molecule has 0 heterocycles. The zero-order valence-electron chi connectivity index (χ0n) is 9.67. The number of hydrogen-bond acceptors (Lipinski definition) is 3. The third kappa shape index (κ3) is 6.51. The lowest BCUT2D eigenvalue weighted by Crippen LogP contribution is -2.35. The second-order valence-electron chi connectivity index (χ2n) is 4.48. The number of rotatable bonds is 6. The van der Waals surface area contributed by atoms with Crippen molar-refractivity contribution in [1.29, 1.82) is 0 Å². The van der Waals surface area contributed by atoms with E-state index in [-0.39, 0.29) is 4.75 Å². The molecule has 0 spiro atoms. The Bertz CT molecular complexity index is 177. The van der Waals surface area contributed by atoms with E-state index in [1.807, 2.05) is 20.8 Å². The van der Waals surface area contributed by atoms with Gasteiger partial charge in [-0.1, -0.05) is 6.92 Å². The molecule has 0 fully saturated rings. The first-order valence-electron chi connectivity index (χ1n) is 5.15. The smallest absolute Gasteiger partial charge is 0.0779 e. The van der Waals surface area contributed by atoms with Crippen LogP contribution in [-0.4, -0.2) is 39.0 Å². The highest BCUT2D eigenvalue weighted by Gasteiger charge is 2.21. The average Bonchev–Trinajstić information content (AvgIpc) is 2.03. The van der Waals surface area contributed by atoms with Gasteiger partial charge in [0.1, 0.15) is 0 Å². The Morgan fingerprint density at radius 2 is 2.00 bits per heavy atom. The third-order valence-electron chi connectivity index (χ3n) is 1.83. The molecule has 2 atom stereocenters. The van der Waals surface area contributed by atoms with E-state index >= 15 is 0 Å². The Morgan fingerprint density at radius 1 is 1.43 bits per heavy atom. The Kier molecular flexibility index (Phi) is 6.57. The van der Waals surface area contributed by atoms with Gasteiger partial charge in [0.25, 0.3) is 0 Å². The van der Waals surface area contributed by atoms with Gasteiger partial charge in [-0.2, -0.15) is 0 Å². The maximum Gasteiger partial charge on any atom is 0.0779 e. The molecule has 3 nitrogen and oxygen atoms in total. The Balaban J connectivity index is 3.72. The van der Waals surface area contributed by atoms with Gasteiger partial charge in [-0.3, -0.25) is 4.21 Å². The number of nitrogens with one attached hydrogen (secondary N) is 1. The maximum absolute atomic E-state index is 11.6. The summed E-state index contributed by atoms with van der Waals surface area (Å²) in [7, 11) is -0.963. The first-order valence-corrected chi connectivity index (χ1v) is 6.47. The van der Waals surface area contributed by atoms with Crippen LogP contribution in [0.15, 0.2) is 0 Å². The summed E-state index contributed by atoms with van der Waals surface area (Å²) in [6.45, 7) is 9.29. The van der Waals surface area contributed by atoms with Gasteiger partial charge in [-0.15, -0.1) is 0 Å². The van der Waals surface area contributed by atoms with Crippen molar-refractivity contribution in [2.24, 2.45) is 0 Å². The van der Waals surface area contributed by atoms with Crippen LogP contribution in [0.4, 0.5) is 0 Å². The second kappa shape index (κ2) is 6.53. The van der Waals surface area contributed by atoms with E-state index < -0.39 is 16.9 Å². The first-order chi connectivity index (χ1) is 6.38. The van der Waals surface area contributed by atoms with Crippen molar-refractivity contribution in [2.75, 3.05) is 18.8 Å². The van der Waals surface area contributed by atoms with Crippen molar-refractivity contribution in [3.05, 3.63) is 0 Å². The monoisotopic (exact) mass is 221 g/mol. The van der Waals surface area contributed by atoms with E-state index in [4.69, 9.17) is 0 Å². The molecular weight excluding hydrogens is 198 g/mol. The van der Waals surface area contributed by atoms with Gasteiger partial charge in [0.2, 0.25) is 0 Å².